The van der Waals surface area contributed by atoms with Gasteiger partial charge in [-0.1, -0.05) is 23.7 Å². The first-order chi connectivity index (χ1) is 19.6. The average molecular weight is 562 g/mol. The zero-order valence-electron chi connectivity index (χ0n) is 22.2. The maximum absolute atomic E-state index is 13.4. The summed E-state index contributed by atoms with van der Waals surface area (Å²) in [6.45, 7) is 8.27. The van der Waals surface area contributed by atoms with E-state index in [9.17, 15) is 4.79 Å². The summed E-state index contributed by atoms with van der Waals surface area (Å²) in [5.41, 5.74) is 4.23. The number of anilines is 2. The highest BCUT2D eigenvalue weighted by atomic mass is 35.5. The summed E-state index contributed by atoms with van der Waals surface area (Å²) in [5.74, 6) is 0.489. The third-order valence-electron chi connectivity index (χ3n) is 7.19. The Morgan fingerprint density at radius 2 is 1.93 bits per heavy atom. The fourth-order valence-electron chi connectivity index (χ4n) is 5.03. The minimum Gasteiger partial charge on any atom is -0.492 e. The summed E-state index contributed by atoms with van der Waals surface area (Å²) >= 11 is 6.20. The molecule has 0 unspecified atom stereocenters. The van der Waals surface area contributed by atoms with E-state index < -0.39 is 0 Å². The fraction of sp³-hybridized carbons (Fsp3) is 0.345. The van der Waals surface area contributed by atoms with Crippen molar-refractivity contribution in [3.05, 3.63) is 71.6 Å². The number of morpholine rings is 1. The van der Waals surface area contributed by atoms with E-state index in [0.717, 1.165) is 87.3 Å². The highest BCUT2D eigenvalue weighted by Gasteiger charge is 2.19. The van der Waals surface area contributed by atoms with Crippen LogP contribution in [0.3, 0.4) is 0 Å². The maximum atomic E-state index is 13.4. The van der Waals surface area contributed by atoms with Crippen LogP contribution >= 0.6 is 11.6 Å². The van der Waals surface area contributed by atoms with Crippen molar-refractivity contribution >= 4 is 34.5 Å². The van der Waals surface area contributed by atoms with Gasteiger partial charge in [-0.05, 0) is 35.9 Å². The molecule has 2 aromatic carbocycles. The van der Waals surface area contributed by atoms with E-state index in [0.29, 0.717) is 23.0 Å². The van der Waals surface area contributed by atoms with E-state index in [-0.39, 0.29) is 5.91 Å². The number of rotatable bonds is 8. The number of hydrogen-bond donors (Lipinski definition) is 2. The molecule has 11 heteroatoms. The van der Waals surface area contributed by atoms with Crippen LogP contribution in [-0.2, 0) is 4.74 Å². The Bertz CT molecular complexity index is 1480. The lowest BCUT2D eigenvalue weighted by atomic mass is 10.1. The number of halogens is 1. The first kappa shape index (κ1) is 26.5. The first-order valence-corrected chi connectivity index (χ1v) is 14.0. The van der Waals surface area contributed by atoms with Crippen LogP contribution in [0, 0.1) is 0 Å². The monoisotopic (exact) mass is 561 g/mol. The lowest BCUT2D eigenvalue weighted by molar-refractivity contribution is 0.0322. The van der Waals surface area contributed by atoms with E-state index in [1.165, 1.54) is 0 Å². The van der Waals surface area contributed by atoms with Gasteiger partial charge in [0.2, 0.25) is 0 Å². The SMILES string of the molecule is O=C(Nc1ccc(OCCN2CCOCC2)cc1N1CCNCC1)c1ccn2ncc(-c3cccc(Cl)c3)c2n1. The Kier molecular flexibility index (Phi) is 8.10. The summed E-state index contributed by atoms with van der Waals surface area (Å²) in [6.07, 6.45) is 3.48. The summed E-state index contributed by atoms with van der Waals surface area (Å²) in [4.78, 5) is 22.7. The van der Waals surface area contributed by atoms with Crippen molar-refractivity contribution < 1.29 is 14.3 Å². The highest BCUT2D eigenvalue weighted by Crippen LogP contribution is 2.32. The third-order valence-corrected chi connectivity index (χ3v) is 7.43. The highest BCUT2D eigenvalue weighted by molar-refractivity contribution is 6.30. The molecule has 10 nitrogen and oxygen atoms in total. The molecular weight excluding hydrogens is 530 g/mol. The summed E-state index contributed by atoms with van der Waals surface area (Å²) in [5, 5.41) is 11.5. The molecule has 2 saturated heterocycles. The molecule has 40 heavy (non-hydrogen) atoms. The van der Waals surface area contributed by atoms with E-state index >= 15 is 0 Å². The zero-order chi connectivity index (χ0) is 27.3. The van der Waals surface area contributed by atoms with Crippen LogP contribution in [-0.4, -0.2) is 91.0 Å². The predicted octanol–water partition coefficient (Wildman–Crippen LogP) is 3.42. The predicted molar refractivity (Wildman–Crippen MR) is 156 cm³/mol. The van der Waals surface area contributed by atoms with Crippen molar-refractivity contribution in [2.45, 2.75) is 0 Å². The molecule has 2 N–H and O–H groups in total. The van der Waals surface area contributed by atoms with Crippen LogP contribution < -0.4 is 20.3 Å². The van der Waals surface area contributed by atoms with Crippen LogP contribution in [0.4, 0.5) is 11.4 Å². The molecule has 2 aliphatic heterocycles. The van der Waals surface area contributed by atoms with E-state index in [2.05, 4.69) is 30.5 Å². The molecule has 6 rings (SSSR count). The smallest absolute Gasteiger partial charge is 0.274 e. The number of nitrogens with zero attached hydrogens (tertiary/aromatic N) is 5. The molecule has 0 spiro atoms. The summed E-state index contributed by atoms with van der Waals surface area (Å²) < 4.78 is 13.2. The second-order valence-electron chi connectivity index (χ2n) is 9.82. The number of amides is 1. The summed E-state index contributed by atoms with van der Waals surface area (Å²) in [7, 11) is 0. The van der Waals surface area contributed by atoms with Crippen molar-refractivity contribution in [1.82, 2.24) is 24.8 Å². The summed E-state index contributed by atoms with van der Waals surface area (Å²) in [6, 6.07) is 15.0. The van der Waals surface area contributed by atoms with Gasteiger partial charge >= 0.3 is 0 Å². The van der Waals surface area contributed by atoms with Crippen molar-refractivity contribution in [3.63, 3.8) is 0 Å². The Balaban J connectivity index is 1.22. The molecule has 0 radical (unpaired) electrons. The minimum absolute atomic E-state index is 0.293. The lowest BCUT2D eigenvalue weighted by Crippen LogP contribution is -2.43. The number of aromatic nitrogens is 3. The lowest BCUT2D eigenvalue weighted by Gasteiger charge is -2.31. The molecule has 0 bridgehead atoms. The van der Waals surface area contributed by atoms with Crippen molar-refractivity contribution in [2.24, 2.45) is 0 Å². The van der Waals surface area contributed by atoms with E-state index in [4.69, 9.17) is 21.1 Å². The van der Waals surface area contributed by atoms with Gasteiger partial charge in [0.1, 0.15) is 18.1 Å². The molecule has 2 aliphatic rings. The van der Waals surface area contributed by atoms with Gasteiger partial charge in [0, 0.05) is 68.7 Å². The molecule has 0 aliphatic carbocycles. The maximum Gasteiger partial charge on any atom is 0.274 e. The van der Waals surface area contributed by atoms with Crippen molar-refractivity contribution in [1.29, 1.82) is 0 Å². The van der Waals surface area contributed by atoms with Gasteiger partial charge in [-0.3, -0.25) is 9.69 Å². The molecular formula is C29H32ClN7O3. The first-order valence-electron chi connectivity index (χ1n) is 13.6. The van der Waals surface area contributed by atoms with Gasteiger partial charge in [-0.2, -0.15) is 5.10 Å². The van der Waals surface area contributed by atoms with Gasteiger partial charge in [0.05, 0.1) is 30.8 Å². The number of ether oxygens (including phenoxy) is 2. The average Bonchev–Trinajstić information content (AvgIpc) is 3.42. The molecule has 2 aromatic heterocycles. The van der Waals surface area contributed by atoms with Gasteiger partial charge in [-0.15, -0.1) is 0 Å². The van der Waals surface area contributed by atoms with Gasteiger partial charge < -0.3 is 25.0 Å². The minimum atomic E-state index is -0.293. The molecule has 1 amide bonds. The number of hydrogen-bond acceptors (Lipinski definition) is 8. The van der Waals surface area contributed by atoms with E-state index in [1.807, 2.05) is 42.5 Å². The Hall–Kier alpha value is -3.70. The van der Waals surface area contributed by atoms with Crippen LogP contribution in [0.2, 0.25) is 5.02 Å². The molecule has 0 atom stereocenters. The number of piperazine rings is 1. The van der Waals surface area contributed by atoms with Crippen LogP contribution in [0.15, 0.2) is 60.9 Å². The normalized spacial score (nSPS) is 16.3. The zero-order valence-corrected chi connectivity index (χ0v) is 22.9. The second kappa shape index (κ2) is 12.2. The van der Waals surface area contributed by atoms with Gasteiger partial charge in [0.15, 0.2) is 5.65 Å². The molecule has 4 heterocycles. The number of benzene rings is 2. The molecule has 2 fully saturated rings. The quantitative estimate of drug-likeness (QED) is 0.338. The largest absolute Gasteiger partial charge is 0.492 e. The van der Waals surface area contributed by atoms with Crippen LogP contribution in [0.25, 0.3) is 16.8 Å². The Morgan fingerprint density at radius 1 is 1.07 bits per heavy atom. The molecule has 208 valence electrons. The fourth-order valence-corrected chi connectivity index (χ4v) is 5.22. The molecule has 4 aromatic rings. The third kappa shape index (κ3) is 6.05. The Morgan fingerprint density at radius 3 is 2.75 bits per heavy atom. The number of carbonyl (C=O) groups is 1. The van der Waals surface area contributed by atoms with Crippen molar-refractivity contribution in [3.8, 4) is 16.9 Å². The number of carbonyl (C=O) groups excluding carboxylic acids is 1. The topological polar surface area (TPSA) is 96.3 Å². The number of nitrogens with one attached hydrogen (secondary N) is 2. The number of fused-ring (bicyclic) bond motifs is 1. The second-order valence-corrected chi connectivity index (χ2v) is 10.3. The molecule has 0 saturated carbocycles. The van der Waals surface area contributed by atoms with Gasteiger partial charge in [-0.25, -0.2) is 9.50 Å². The van der Waals surface area contributed by atoms with Crippen LogP contribution in [0.1, 0.15) is 10.5 Å². The van der Waals surface area contributed by atoms with Gasteiger partial charge in [0.25, 0.3) is 5.91 Å². The standard InChI is InChI=1S/C29H32ClN7O3/c30-22-3-1-2-21(18-22)24-20-32-37-9-6-26(33-28(24)37)29(38)34-25-5-4-23(19-27(25)36-10-7-31-8-11-36)40-17-14-35-12-15-39-16-13-35/h1-6,9,18-20,31H,7-8,10-17H2,(H,34,38). The van der Waals surface area contributed by atoms with E-state index in [1.54, 1.807) is 23.0 Å². The van der Waals surface area contributed by atoms with Crippen molar-refractivity contribution in [2.75, 3.05) is 75.9 Å². The van der Waals surface area contributed by atoms with Crippen LogP contribution in [0.5, 0.6) is 5.75 Å². The Labute approximate surface area is 237 Å².